The van der Waals surface area contributed by atoms with Crippen molar-refractivity contribution >= 4 is 33.0 Å². The molecule has 0 unspecified atom stereocenters. The minimum absolute atomic E-state index is 0.150. The lowest BCUT2D eigenvalue weighted by Crippen LogP contribution is -2.12. The van der Waals surface area contributed by atoms with Gasteiger partial charge in [-0.25, -0.2) is 8.42 Å². The van der Waals surface area contributed by atoms with E-state index in [1.54, 1.807) is 0 Å². The van der Waals surface area contributed by atoms with Crippen LogP contribution in [0.1, 0.15) is 10.4 Å². The van der Waals surface area contributed by atoms with Crippen LogP contribution in [0.5, 0.6) is 0 Å². The third kappa shape index (κ3) is 4.78. The zero-order chi connectivity index (χ0) is 17.0. The topological polar surface area (TPSA) is 118 Å². The number of hydrogen-bond acceptors (Lipinski definition) is 5. The van der Waals surface area contributed by atoms with E-state index in [1.807, 2.05) is 0 Å². The highest BCUT2D eigenvalue weighted by Gasteiger charge is 2.11. The number of sulfonamides is 1. The number of carbonyl (C=O) groups is 1. The van der Waals surface area contributed by atoms with Gasteiger partial charge < -0.3 is 5.32 Å². The SMILES string of the molecule is CS(=O)(=O)Nc1ccc(NC(=O)c2cccc([N+](=O)[O-])c2)cc1. The fraction of sp³-hybridized carbons (Fsp3) is 0.0714. The first kappa shape index (κ1) is 16.4. The predicted octanol–water partition coefficient (Wildman–Crippen LogP) is 2.22. The van der Waals surface area contributed by atoms with E-state index in [0.717, 1.165) is 6.26 Å². The van der Waals surface area contributed by atoms with Gasteiger partial charge in [0.25, 0.3) is 11.6 Å². The molecule has 23 heavy (non-hydrogen) atoms. The van der Waals surface area contributed by atoms with Crippen molar-refractivity contribution < 1.29 is 18.1 Å². The number of rotatable bonds is 5. The molecule has 0 heterocycles. The Morgan fingerprint density at radius 3 is 2.26 bits per heavy atom. The largest absolute Gasteiger partial charge is 0.322 e. The van der Waals surface area contributed by atoms with Crippen LogP contribution in [0.4, 0.5) is 17.1 Å². The number of amides is 1. The van der Waals surface area contributed by atoms with Gasteiger partial charge in [-0.15, -0.1) is 0 Å². The smallest absolute Gasteiger partial charge is 0.270 e. The molecule has 9 heteroatoms. The fourth-order valence-electron chi connectivity index (χ4n) is 1.80. The Kier molecular flexibility index (Phi) is 4.60. The summed E-state index contributed by atoms with van der Waals surface area (Å²) in [6, 6.07) is 11.4. The highest BCUT2D eigenvalue weighted by atomic mass is 32.2. The molecular formula is C14H13N3O5S. The minimum atomic E-state index is -3.37. The number of nitrogens with zero attached hydrogens (tertiary/aromatic N) is 1. The molecule has 0 atom stereocenters. The van der Waals surface area contributed by atoms with Gasteiger partial charge in [0.05, 0.1) is 11.2 Å². The number of hydrogen-bond donors (Lipinski definition) is 2. The van der Waals surface area contributed by atoms with Crippen LogP contribution in [-0.2, 0) is 10.0 Å². The van der Waals surface area contributed by atoms with Crippen molar-refractivity contribution in [2.75, 3.05) is 16.3 Å². The number of anilines is 2. The van der Waals surface area contributed by atoms with Crippen LogP contribution in [0.2, 0.25) is 0 Å². The maximum Gasteiger partial charge on any atom is 0.270 e. The molecule has 8 nitrogen and oxygen atoms in total. The first-order chi connectivity index (χ1) is 10.7. The van der Waals surface area contributed by atoms with Crippen molar-refractivity contribution in [1.82, 2.24) is 0 Å². The molecule has 0 aliphatic rings. The first-order valence-electron chi connectivity index (χ1n) is 6.38. The molecule has 0 aromatic heterocycles. The van der Waals surface area contributed by atoms with Crippen LogP contribution in [0.15, 0.2) is 48.5 Å². The van der Waals surface area contributed by atoms with Gasteiger partial charge >= 0.3 is 0 Å². The summed E-state index contributed by atoms with van der Waals surface area (Å²) in [7, 11) is -3.37. The summed E-state index contributed by atoms with van der Waals surface area (Å²) in [5.74, 6) is -0.502. The minimum Gasteiger partial charge on any atom is -0.322 e. The Morgan fingerprint density at radius 2 is 1.70 bits per heavy atom. The molecule has 2 aromatic carbocycles. The summed E-state index contributed by atoms with van der Waals surface area (Å²) < 4.78 is 24.5. The van der Waals surface area contributed by atoms with E-state index in [9.17, 15) is 23.3 Å². The van der Waals surface area contributed by atoms with Crippen molar-refractivity contribution in [2.24, 2.45) is 0 Å². The van der Waals surface area contributed by atoms with Crippen molar-refractivity contribution in [3.63, 3.8) is 0 Å². The number of carbonyl (C=O) groups excluding carboxylic acids is 1. The van der Waals surface area contributed by atoms with Gasteiger partial charge in [-0.2, -0.15) is 0 Å². The molecule has 0 saturated carbocycles. The Morgan fingerprint density at radius 1 is 1.09 bits per heavy atom. The van der Waals surface area contributed by atoms with E-state index in [-0.39, 0.29) is 11.3 Å². The van der Waals surface area contributed by atoms with Crippen LogP contribution < -0.4 is 10.0 Å². The average Bonchev–Trinajstić information content (AvgIpc) is 2.48. The van der Waals surface area contributed by atoms with Crippen molar-refractivity contribution in [1.29, 1.82) is 0 Å². The quantitative estimate of drug-likeness (QED) is 0.641. The third-order valence-electron chi connectivity index (χ3n) is 2.77. The van der Waals surface area contributed by atoms with E-state index in [2.05, 4.69) is 10.0 Å². The fourth-order valence-corrected chi connectivity index (χ4v) is 2.36. The van der Waals surface area contributed by atoms with E-state index in [0.29, 0.717) is 11.4 Å². The Hall–Kier alpha value is -2.94. The lowest BCUT2D eigenvalue weighted by atomic mass is 10.2. The molecule has 2 N–H and O–H groups in total. The number of nitro benzene ring substituents is 1. The summed E-state index contributed by atoms with van der Waals surface area (Å²) in [6.07, 6.45) is 1.03. The number of nitro groups is 1. The van der Waals surface area contributed by atoms with Crippen molar-refractivity contribution in [3.05, 3.63) is 64.2 Å². The summed E-state index contributed by atoms with van der Waals surface area (Å²) in [5, 5.41) is 13.3. The predicted molar refractivity (Wildman–Crippen MR) is 86.0 cm³/mol. The van der Waals surface area contributed by atoms with Crippen molar-refractivity contribution in [2.45, 2.75) is 0 Å². The average molecular weight is 335 g/mol. The Labute approximate surface area is 132 Å². The normalized spacial score (nSPS) is 10.8. The zero-order valence-corrected chi connectivity index (χ0v) is 12.8. The van der Waals surface area contributed by atoms with Crippen molar-refractivity contribution in [3.8, 4) is 0 Å². The van der Waals surface area contributed by atoms with E-state index >= 15 is 0 Å². The van der Waals surface area contributed by atoms with Crippen LogP contribution in [0.3, 0.4) is 0 Å². The second-order valence-corrected chi connectivity index (χ2v) is 6.46. The Bertz CT molecular complexity index is 847. The van der Waals surface area contributed by atoms with Gasteiger partial charge in [0.1, 0.15) is 0 Å². The maximum absolute atomic E-state index is 12.1. The molecule has 0 bridgehead atoms. The number of nitrogens with one attached hydrogen (secondary N) is 2. The molecule has 0 fully saturated rings. The monoisotopic (exact) mass is 335 g/mol. The summed E-state index contributed by atoms with van der Waals surface area (Å²) in [5.41, 5.74) is 0.768. The zero-order valence-electron chi connectivity index (χ0n) is 12.0. The Balaban J connectivity index is 2.11. The van der Waals surface area contributed by atoms with Gasteiger partial charge in [-0.05, 0) is 30.3 Å². The van der Waals surface area contributed by atoms with Crippen LogP contribution in [-0.4, -0.2) is 25.5 Å². The molecule has 1 amide bonds. The molecular weight excluding hydrogens is 322 g/mol. The maximum atomic E-state index is 12.1. The summed E-state index contributed by atoms with van der Waals surface area (Å²) >= 11 is 0. The second-order valence-electron chi connectivity index (χ2n) is 4.71. The molecule has 2 aromatic rings. The third-order valence-corrected chi connectivity index (χ3v) is 3.37. The number of benzene rings is 2. The number of non-ortho nitro benzene ring substituents is 1. The summed E-state index contributed by atoms with van der Waals surface area (Å²) in [4.78, 5) is 22.2. The first-order valence-corrected chi connectivity index (χ1v) is 8.27. The molecule has 0 radical (unpaired) electrons. The van der Waals surface area contributed by atoms with Gasteiger partial charge in [0, 0.05) is 29.1 Å². The van der Waals surface area contributed by atoms with Gasteiger partial charge in [0.15, 0.2) is 0 Å². The van der Waals surface area contributed by atoms with Crippen LogP contribution in [0.25, 0.3) is 0 Å². The summed E-state index contributed by atoms with van der Waals surface area (Å²) in [6.45, 7) is 0. The molecule has 0 aliphatic heterocycles. The van der Waals surface area contributed by atoms with Gasteiger partial charge in [0.2, 0.25) is 10.0 Å². The molecule has 0 aliphatic carbocycles. The lowest BCUT2D eigenvalue weighted by molar-refractivity contribution is -0.384. The second kappa shape index (κ2) is 6.44. The van der Waals surface area contributed by atoms with Gasteiger partial charge in [-0.3, -0.25) is 19.6 Å². The molecule has 2 rings (SSSR count). The van der Waals surface area contributed by atoms with Crippen LogP contribution >= 0.6 is 0 Å². The molecule has 0 saturated heterocycles. The van der Waals surface area contributed by atoms with E-state index in [1.165, 1.54) is 48.5 Å². The highest BCUT2D eigenvalue weighted by molar-refractivity contribution is 7.92. The molecule has 0 spiro atoms. The van der Waals surface area contributed by atoms with Crippen LogP contribution in [0, 0.1) is 10.1 Å². The molecule has 120 valence electrons. The van der Waals surface area contributed by atoms with E-state index < -0.39 is 20.9 Å². The lowest BCUT2D eigenvalue weighted by Gasteiger charge is -2.07. The standard InChI is InChI=1S/C14H13N3O5S/c1-23(21,22)16-12-7-5-11(6-8-12)15-14(18)10-3-2-4-13(9-10)17(19)20/h2-9,16H,1H3,(H,15,18). The van der Waals surface area contributed by atoms with E-state index in [4.69, 9.17) is 0 Å². The highest BCUT2D eigenvalue weighted by Crippen LogP contribution is 2.17. The van der Waals surface area contributed by atoms with Gasteiger partial charge in [-0.1, -0.05) is 6.07 Å².